The molecule has 2 rings (SSSR count). The SMILES string of the molecule is CC(Cc1ccc(F)cc1)NC(=O)N1CCOCC1. The first-order chi connectivity index (χ1) is 9.15. The zero-order valence-corrected chi connectivity index (χ0v) is 11.1. The molecule has 4 nitrogen and oxygen atoms in total. The maximum Gasteiger partial charge on any atom is 0.317 e. The summed E-state index contributed by atoms with van der Waals surface area (Å²) in [5.74, 6) is -0.242. The van der Waals surface area contributed by atoms with Crippen molar-refractivity contribution in [1.29, 1.82) is 0 Å². The number of hydrogen-bond donors (Lipinski definition) is 1. The second-order valence-electron chi connectivity index (χ2n) is 4.78. The van der Waals surface area contributed by atoms with Crippen LogP contribution >= 0.6 is 0 Å². The molecule has 1 aliphatic rings. The average Bonchev–Trinajstić information content (AvgIpc) is 2.42. The Morgan fingerprint density at radius 3 is 2.63 bits per heavy atom. The average molecular weight is 266 g/mol. The lowest BCUT2D eigenvalue weighted by molar-refractivity contribution is 0.0526. The molecule has 1 heterocycles. The van der Waals surface area contributed by atoms with Crippen LogP contribution < -0.4 is 5.32 Å². The highest BCUT2D eigenvalue weighted by atomic mass is 19.1. The molecule has 19 heavy (non-hydrogen) atoms. The maximum atomic E-state index is 12.8. The minimum atomic E-state index is -0.242. The van der Waals surface area contributed by atoms with Crippen molar-refractivity contribution in [2.75, 3.05) is 26.3 Å². The maximum absolute atomic E-state index is 12.8. The van der Waals surface area contributed by atoms with Crippen molar-refractivity contribution in [1.82, 2.24) is 10.2 Å². The monoisotopic (exact) mass is 266 g/mol. The van der Waals surface area contributed by atoms with E-state index in [1.165, 1.54) is 12.1 Å². The van der Waals surface area contributed by atoms with Gasteiger partial charge in [-0.3, -0.25) is 0 Å². The largest absolute Gasteiger partial charge is 0.378 e. The van der Waals surface area contributed by atoms with Crippen molar-refractivity contribution in [3.63, 3.8) is 0 Å². The molecule has 1 aromatic carbocycles. The van der Waals surface area contributed by atoms with Crippen molar-refractivity contribution in [2.45, 2.75) is 19.4 Å². The predicted octanol–water partition coefficient (Wildman–Crippen LogP) is 1.80. The Balaban J connectivity index is 1.81. The Morgan fingerprint density at radius 2 is 2.00 bits per heavy atom. The molecular formula is C14H19FN2O2. The third kappa shape index (κ3) is 4.21. The van der Waals surface area contributed by atoms with Gasteiger partial charge in [-0.2, -0.15) is 0 Å². The van der Waals surface area contributed by atoms with Crippen LogP contribution in [0.4, 0.5) is 9.18 Å². The topological polar surface area (TPSA) is 41.6 Å². The van der Waals surface area contributed by atoms with Crippen LogP contribution in [-0.2, 0) is 11.2 Å². The fourth-order valence-electron chi connectivity index (χ4n) is 2.09. The van der Waals surface area contributed by atoms with Crippen LogP contribution in [0.3, 0.4) is 0 Å². The van der Waals surface area contributed by atoms with Gasteiger partial charge in [0.15, 0.2) is 0 Å². The lowest BCUT2D eigenvalue weighted by Gasteiger charge is -2.28. The summed E-state index contributed by atoms with van der Waals surface area (Å²) in [6, 6.07) is 6.32. The van der Waals surface area contributed by atoms with Gasteiger partial charge in [0.25, 0.3) is 0 Å². The first-order valence-electron chi connectivity index (χ1n) is 6.53. The molecule has 1 fully saturated rings. The van der Waals surface area contributed by atoms with E-state index >= 15 is 0 Å². The number of amides is 2. The number of morpholine rings is 1. The molecule has 0 aromatic heterocycles. The number of halogens is 1. The summed E-state index contributed by atoms with van der Waals surface area (Å²) in [4.78, 5) is 13.7. The number of carbonyl (C=O) groups excluding carboxylic acids is 1. The summed E-state index contributed by atoms with van der Waals surface area (Å²) in [5, 5.41) is 2.95. The van der Waals surface area contributed by atoms with Gasteiger partial charge in [0, 0.05) is 19.1 Å². The van der Waals surface area contributed by atoms with Gasteiger partial charge in [-0.15, -0.1) is 0 Å². The highest BCUT2D eigenvalue weighted by molar-refractivity contribution is 5.74. The summed E-state index contributed by atoms with van der Waals surface area (Å²) in [6.45, 7) is 4.41. The fourth-order valence-corrected chi connectivity index (χ4v) is 2.09. The van der Waals surface area contributed by atoms with Gasteiger partial charge < -0.3 is 15.0 Å². The van der Waals surface area contributed by atoms with Gasteiger partial charge in [-0.1, -0.05) is 12.1 Å². The lowest BCUT2D eigenvalue weighted by atomic mass is 10.1. The molecule has 1 saturated heterocycles. The van der Waals surface area contributed by atoms with E-state index in [0.717, 1.165) is 5.56 Å². The first kappa shape index (κ1) is 13.8. The number of nitrogens with zero attached hydrogens (tertiary/aromatic N) is 1. The van der Waals surface area contributed by atoms with Crippen molar-refractivity contribution < 1.29 is 13.9 Å². The first-order valence-corrected chi connectivity index (χ1v) is 6.53. The zero-order chi connectivity index (χ0) is 13.7. The smallest absolute Gasteiger partial charge is 0.317 e. The van der Waals surface area contributed by atoms with E-state index < -0.39 is 0 Å². The Morgan fingerprint density at radius 1 is 1.37 bits per heavy atom. The number of benzene rings is 1. The molecule has 1 aliphatic heterocycles. The van der Waals surface area contributed by atoms with Crippen LogP contribution in [0.1, 0.15) is 12.5 Å². The Kier molecular flexibility index (Phi) is 4.74. The molecule has 1 N–H and O–H groups in total. The van der Waals surface area contributed by atoms with Gasteiger partial charge >= 0.3 is 6.03 Å². The Labute approximate surface area is 112 Å². The van der Waals surface area contributed by atoms with Crippen LogP contribution in [0.2, 0.25) is 0 Å². The van der Waals surface area contributed by atoms with E-state index in [4.69, 9.17) is 4.74 Å². The van der Waals surface area contributed by atoms with Gasteiger partial charge in [-0.05, 0) is 31.0 Å². The third-order valence-corrected chi connectivity index (χ3v) is 3.12. The van der Waals surface area contributed by atoms with Gasteiger partial charge in [0.05, 0.1) is 13.2 Å². The zero-order valence-electron chi connectivity index (χ0n) is 11.1. The Bertz CT molecular complexity index is 416. The highest BCUT2D eigenvalue weighted by Gasteiger charge is 2.18. The van der Waals surface area contributed by atoms with Gasteiger partial charge in [0.1, 0.15) is 5.82 Å². The number of rotatable bonds is 3. The number of urea groups is 1. The minimum absolute atomic E-state index is 0.0146. The molecule has 0 bridgehead atoms. The molecule has 0 saturated carbocycles. The molecule has 1 unspecified atom stereocenters. The van der Waals surface area contributed by atoms with E-state index in [-0.39, 0.29) is 17.9 Å². The summed E-state index contributed by atoms with van der Waals surface area (Å²) >= 11 is 0. The van der Waals surface area contributed by atoms with Crippen molar-refractivity contribution in [3.05, 3.63) is 35.6 Å². The second-order valence-corrected chi connectivity index (χ2v) is 4.78. The summed E-state index contributed by atoms with van der Waals surface area (Å²) in [7, 11) is 0. The molecule has 0 spiro atoms. The molecule has 1 atom stereocenters. The summed E-state index contributed by atoms with van der Waals surface area (Å²) in [5.41, 5.74) is 1.01. The molecule has 5 heteroatoms. The summed E-state index contributed by atoms with van der Waals surface area (Å²) in [6.07, 6.45) is 0.691. The fraction of sp³-hybridized carbons (Fsp3) is 0.500. The molecule has 0 radical (unpaired) electrons. The second kappa shape index (κ2) is 6.52. The number of ether oxygens (including phenoxy) is 1. The van der Waals surface area contributed by atoms with Gasteiger partial charge in [0.2, 0.25) is 0 Å². The number of carbonyl (C=O) groups is 1. The van der Waals surface area contributed by atoms with Crippen molar-refractivity contribution in [2.24, 2.45) is 0 Å². The van der Waals surface area contributed by atoms with E-state index in [1.807, 2.05) is 6.92 Å². The standard InChI is InChI=1S/C14H19FN2O2/c1-11(10-12-2-4-13(15)5-3-12)16-14(18)17-6-8-19-9-7-17/h2-5,11H,6-10H2,1H3,(H,16,18). The predicted molar refractivity (Wildman–Crippen MR) is 70.5 cm³/mol. The van der Waals surface area contributed by atoms with E-state index in [1.54, 1.807) is 17.0 Å². The molecule has 0 aliphatic carbocycles. The van der Waals surface area contributed by atoms with Crippen LogP contribution in [0.5, 0.6) is 0 Å². The van der Waals surface area contributed by atoms with Crippen molar-refractivity contribution >= 4 is 6.03 Å². The lowest BCUT2D eigenvalue weighted by Crippen LogP contribution is -2.49. The van der Waals surface area contributed by atoms with E-state index in [9.17, 15) is 9.18 Å². The normalized spacial score (nSPS) is 17.1. The third-order valence-electron chi connectivity index (χ3n) is 3.12. The Hall–Kier alpha value is -1.62. The van der Waals surface area contributed by atoms with E-state index in [0.29, 0.717) is 32.7 Å². The molecule has 104 valence electrons. The molecule has 2 amide bonds. The van der Waals surface area contributed by atoms with Gasteiger partial charge in [-0.25, -0.2) is 9.18 Å². The summed E-state index contributed by atoms with van der Waals surface area (Å²) < 4.78 is 18.0. The van der Waals surface area contributed by atoms with Crippen LogP contribution in [0, 0.1) is 5.82 Å². The number of hydrogen-bond acceptors (Lipinski definition) is 2. The minimum Gasteiger partial charge on any atom is -0.378 e. The van der Waals surface area contributed by atoms with E-state index in [2.05, 4.69) is 5.32 Å². The quantitative estimate of drug-likeness (QED) is 0.906. The van der Waals surface area contributed by atoms with Crippen molar-refractivity contribution in [3.8, 4) is 0 Å². The molecular weight excluding hydrogens is 247 g/mol. The highest BCUT2D eigenvalue weighted by Crippen LogP contribution is 2.06. The van der Waals surface area contributed by atoms with Crippen LogP contribution in [0.25, 0.3) is 0 Å². The van der Waals surface area contributed by atoms with Crippen LogP contribution in [-0.4, -0.2) is 43.3 Å². The number of nitrogens with one attached hydrogen (secondary N) is 1. The molecule has 1 aromatic rings. The van der Waals surface area contributed by atoms with Crippen LogP contribution in [0.15, 0.2) is 24.3 Å².